The number of carbonyl (C=O) groups is 1. The van der Waals surface area contributed by atoms with E-state index in [-0.39, 0.29) is 17.0 Å². The van der Waals surface area contributed by atoms with Gasteiger partial charge in [0.1, 0.15) is 5.82 Å². The van der Waals surface area contributed by atoms with Gasteiger partial charge in [0, 0.05) is 19.2 Å². The van der Waals surface area contributed by atoms with Crippen molar-refractivity contribution in [3.05, 3.63) is 41.7 Å². The molecule has 0 bridgehead atoms. The number of hydrogen-bond donors (Lipinski definition) is 1. The van der Waals surface area contributed by atoms with E-state index in [4.69, 9.17) is 0 Å². The van der Waals surface area contributed by atoms with E-state index < -0.39 is 0 Å². The number of amides is 1. The topological polar surface area (TPSA) is 59.8 Å². The number of halogens is 1. The Balaban J connectivity index is 1.54. The molecule has 1 aromatic carbocycles. The number of thioether (sulfide) groups is 1. The van der Waals surface area contributed by atoms with Crippen molar-refractivity contribution >= 4 is 17.7 Å². The molecule has 1 aliphatic carbocycles. The Hall–Kier alpha value is -2.15. The van der Waals surface area contributed by atoms with Crippen LogP contribution >= 0.6 is 11.8 Å². The summed E-state index contributed by atoms with van der Waals surface area (Å²) in [7, 11) is 1.85. The van der Waals surface area contributed by atoms with Crippen molar-refractivity contribution in [1.82, 2.24) is 20.1 Å². The summed E-state index contributed by atoms with van der Waals surface area (Å²) in [6.45, 7) is 2.54. The van der Waals surface area contributed by atoms with Gasteiger partial charge in [0.15, 0.2) is 11.0 Å². The number of carbonyl (C=O) groups excluding carboxylic acids is 1. The van der Waals surface area contributed by atoms with Crippen LogP contribution in [0.5, 0.6) is 0 Å². The molecule has 27 heavy (non-hydrogen) atoms. The summed E-state index contributed by atoms with van der Waals surface area (Å²) in [5, 5.41) is 11.8. The molecule has 1 heterocycles. The molecule has 0 aliphatic heterocycles. The summed E-state index contributed by atoms with van der Waals surface area (Å²) in [5.41, 5.74) is 2.25. The molecule has 1 amide bonds. The fourth-order valence-electron chi connectivity index (χ4n) is 3.10. The lowest BCUT2D eigenvalue weighted by molar-refractivity contribution is -0.120. The molecule has 5 nitrogen and oxygen atoms in total. The average Bonchev–Trinajstić information content (AvgIpc) is 3.03. The zero-order chi connectivity index (χ0) is 19.2. The second kappa shape index (κ2) is 9.17. The SMILES string of the molecule is C[C@@H](Sc1nnc(-c2ccc(F)cc2)n1C)C(=O)NCCC1=CCCCC1. The van der Waals surface area contributed by atoms with Crippen molar-refractivity contribution in [3.63, 3.8) is 0 Å². The highest BCUT2D eigenvalue weighted by molar-refractivity contribution is 8.00. The molecule has 0 spiro atoms. The van der Waals surface area contributed by atoms with Crippen LogP contribution in [0.15, 0.2) is 41.1 Å². The highest BCUT2D eigenvalue weighted by atomic mass is 32.2. The quantitative estimate of drug-likeness (QED) is 0.573. The minimum absolute atomic E-state index is 0.00254. The summed E-state index contributed by atoms with van der Waals surface area (Å²) >= 11 is 1.37. The van der Waals surface area contributed by atoms with Crippen LogP contribution in [-0.2, 0) is 11.8 Å². The number of hydrogen-bond acceptors (Lipinski definition) is 4. The molecule has 1 aliphatic rings. The van der Waals surface area contributed by atoms with E-state index in [0.717, 1.165) is 24.8 Å². The molecule has 0 fully saturated rings. The zero-order valence-electron chi connectivity index (χ0n) is 15.7. The van der Waals surface area contributed by atoms with Gasteiger partial charge in [-0.15, -0.1) is 10.2 Å². The van der Waals surface area contributed by atoms with Crippen molar-refractivity contribution in [1.29, 1.82) is 0 Å². The molecule has 1 atom stereocenters. The maximum atomic E-state index is 13.1. The molecule has 0 radical (unpaired) electrons. The molecule has 144 valence electrons. The lowest BCUT2D eigenvalue weighted by atomic mass is 9.97. The van der Waals surface area contributed by atoms with Crippen LogP contribution in [0.2, 0.25) is 0 Å². The fourth-order valence-corrected chi connectivity index (χ4v) is 3.94. The maximum Gasteiger partial charge on any atom is 0.233 e. The first-order valence-corrected chi connectivity index (χ1v) is 10.2. The van der Waals surface area contributed by atoms with Crippen molar-refractivity contribution in [3.8, 4) is 11.4 Å². The summed E-state index contributed by atoms with van der Waals surface area (Å²) in [4.78, 5) is 12.4. The third-order valence-electron chi connectivity index (χ3n) is 4.72. The molecule has 1 N–H and O–H groups in total. The van der Waals surface area contributed by atoms with Gasteiger partial charge in [-0.3, -0.25) is 4.79 Å². The normalized spacial score (nSPS) is 15.3. The summed E-state index contributed by atoms with van der Waals surface area (Å²) in [5.74, 6) is 0.363. The van der Waals surface area contributed by atoms with Crippen LogP contribution < -0.4 is 5.32 Å². The standard InChI is InChI=1S/C20H25FN4OS/c1-14(19(26)22-13-12-15-6-4-3-5-7-15)27-20-24-23-18(25(20)2)16-8-10-17(21)11-9-16/h6,8-11,14H,3-5,7,12-13H2,1-2H3,(H,22,26)/t14-/m1/s1. The minimum Gasteiger partial charge on any atom is -0.355 e. The van der Waals surface area contributed by atoms with Crippen LogP contribution in [0, 0.1) is 5.82 Å². The molecular formula is C20H25FN4OS. The second-order valence-corrected chi connectivity index (χ2v) is 8.09. The van der Waals surface area contributed by atoms with Gasteiger partial charge in [-0.25, -0.2) is 4.39 Å². The molecule has 3 rings (SSSR count). The Morgan fingerprint density at radius 1 is 1.30 bits per heavy atom. The zero-order valence-corrected chi connectivity index (χ0v) is 16.6. The molecule has 2 aromatic rings. The van der Waals surface area contributed by atoms with Gasteiger partial charge in [0.25, 0.3) is 0 Å². The largest absolute Gasteiger partial charge is 0.355 e. The van der Waals surface area contributed by atoms with Crippen molar-refractivity contribution in [2.24, 2.45) is 7.05 Å². The van der Waals surface area contributed by atoms with Crippen LogP contribution in [0.3, 0.4) is 0 Å². The Bertz CT molecular complexity index is 816. The van der Waals surface area contributed by atoms with E-state index >= 15 is 0 Å². The van der Waals surface area contributed by atoms with Crippen molar-refractivity contribution in [2.75, 3.05) is 6.54 Å². The van der Waals surface area contributed by atoms with Gasteiger partial charge in [0.05, 0.1) is 5.25 Å². The van der Waals surface area contributed by atoms with E-state index in [1.165, 1.54) is 42.3 Å². The van der Waals surface area contributed by atoms with Crippen LogP contribution in [0.4, 0.5) is 4.39 Å². The Kier molecular flexibility index (Phi) is 6.66. The van der Waals surface area contributed by atoms with Crippen LogP contribution in [-0.4, -0.2) is 32.5 Å². The Labute approximate surface area is 163 Å². The van der Waals surface area contributed by atoms with Crippen LogP contribution in [0.25, 0.3) is 11.4 Å². The monoisotopic (exact) mass is 388 g/mol. The highest BCUT2D eigenvalue weighted by Crippen LogP contribution is 2.26. The van der Waals surface area contributed by atoms with Gasteiger partial charge in [-0.05, 0) is 63.3 Å². The first-order chi connectivity index (χ1) is 13.0. The van der Waals surface area contributed by atoms with Crippen molar-refractivity contribution < 1.29 is 9.18 Å². The first kappa shape index (κ1) is 19.6. The fraction of sp³-hybridized carbons (Fsp3) is 0.450. The second-order valence-electron chi connectivity index (χ2n) is 6.78. The number of aromatic nitrogens is 3. The third-order valence-corrected chi connectivity index (χ3v) is 5.85. The number of nitrogens with one attached hydrogen (secondary N) is 1. The predicted molar refractivity (Wildman–Crippen MR) is 106 cm³/mol. The lowest BCUT2D eigenvalue weighted by Gasteiger charge is -2.14. The molecule has 0 saturated carbocycles. The third kappa shape index (κ3) is 5.19. The number of nitrogens with zero attached hydrogens (tertiary/aromatic N) is 3. The minimum atomic E-state index is -0.287. The van der Waals surface area contributed by atoms with E-state index in [1.54, 1.807) is 12.1 Å². The Morgan fingerprint density at radius 2 is 2.07 bits per heavy atom. The van der Waals surface area contributed by atoms with E-state index in [1.807, 2.05) is 18.5 Å². The first-order valence-electron chi connectivity index (χ1n) is 9.32. The summed E-state index contributed by atoms with van der Waals surface area (Å²) in [6, 6.07) is 6.14. The summed E-state index contributed by atoms with van der Waals surface area (Å²) < 4.78 is 14.9. The predicted octanol–water partition coefficient (Wildman–Crippen LogP) is 4.11. The van der Waals surface area contributed by atoms with Crippen molar-refractivity contribution in [2.45, 2.75) is 49.4 Å². The molecule has 1 aromatic heterocycles. The number of allylic oxidation sites excluding steroid dienone is 1. The van der Waals surface area contributed by atoms with Gasteiger partial charge >= 0.3 is 0 Å². The summed E-state index contributed by atoms with van der Waals surface area (Å²) in [6.07, 6.45) is 8.10. The smallest absolute Gasteiger partial charge is 0.233 e. The van der Waals surface area contributed by atoms with E-state index in [0.29, 0.717) is 17.5 Å². The van der Waals surface area contributed by atoms with Gasteiger partial charge in [0.2, 0.25) is 5.91 Å². The molecule has 0 unspecified atom stereocenters. The average molecular weight is 389 g/mol. The number of benzene rings is 1. The van der Waals surface area contributed by atoms with E-state index in [2.05, 4.69) is 21.6 Å². The van der Waals surface area contributed by atoms with Crippen LogP contribution in [0.1, 0.15) is 39.0 Å². The van der Waals surface area contributed by atoms with Gasteiger partial charge in [-0.1, -0.05) is 23.4 Å². The Morgan fingerprint density at radius 3 is 2.78 bits per heavy atom. The highest BCUT2D eigenvalue weighted by Gasteiger charge is 2.19. The molecule has 0 saturated heterocycles. The molecular weight excluding hydrogens is 363 g/mol. The number of rotatable bonds is 7. The molecule has 7 heteroatoms. The maximum absolute atomic E-state index is 13.1. The van der Waals surface area contributed by atoms with Gasteiger partial charge in [-0.2, -0.15) is 0 Å². The van der Waals surface area contributed by atoms with E-state index in [9.17, 15) is 9.18 Å². The lowest BCUT2D eigenvalue weighted by Crippen LogP contribution is -2.32. The van der Waals surface area contributed by atoms with Gasteiger partial charge < -0.3 is 9.88 Å².